The maximum Gasteiger partial charge on any atom is 0.253 e. The van der Waals surface area contributed by atoms with Gasteiger partial charge >= 0.3 is 0 Å². The maximum atomic E-state index is 12.7. The van der Waals surface area contributed by atoms with Crippen molar-refractivity contribution in [2.75, 3.05) is 0 Å². The number of fused-ring (bicyclic) bond motifs is 1. The number of aryl methyl sites for hydroxylation is 2. The molecule has 2 aromatic rings. The predicted molar refractivity (Wildman–Crippen MR) is 109 cm³/mol. The number of amides is 1. The van der Waals surface area contributed by atoms with E-state index in [4.69, 9.17) is 4.74 Å². The first-order chi connectivity index (χ1) is 12.6. The van der Waals surface area contributed by atoms with E-state index in [-0.39, 0.29) is 18.0 Å². The number of hydrogen-bond donors (Lipinski definition) is 2. The van der Waals surface area contributed by atoms with E-state index in [1.807, 2.05) is 39.8 Å². The van der Waals surface area contributed by atoms with Gasteiger partial charge in [0.15, 0.2) is 0 Å². The third kappa shape index (κ3) is 3.72. The Bertz CT molecular complexity index is 1010. The highest BCUT2D eigenvalue weighted by molar-refractivity contribution is 9.10. The summed E-state index contributed by atoms with van der Waals surface area (Å²) in [5.41, 5.74) is 4.01. The minimum absolute atomic E-state index is 0.173. The molecule has 0 saturated heterocycles. The standard InChI is InChI=1S/C21H23BrN2O3/c1-11(2)21(5)9-15-7-14(8-17(22)18(15)27-21)19(25)23-10-16-12(3)6-13(4)24-20(16)26/h6-8H,1,9-10H2,2-5H3,(H,23,25)(H,24,26). The summed E-state index contributed by atoms with van der Waals surface area (Å²) in [5.74, 6) is 0.518. The molecule has 0 radical (unpaired) electrons. The van der Waals surface area contributed by atoms with Crippen molar-refractivity contribution in [2.24, 2.45) is 0 Å². The molecule has 0 saturated carbocycles. The van der Waals surface area contributed by atoms with E-state index in [1.54, 1.807) is 6.07 Å². The van der Waals surface area contributed by atoms with E-state index in [9.17, 15) is 9.59 Å². The summed E-state index contributed by atoms with van der Waals surface area (Å²) in [6.45, 7) is 11.8. The molecule has 3 rings (SSSR count). The van der Waals surface area contributed by atoms with Gasteiger partial charge in [-0.3, -0.25) is 9.59 Å². The molecule has 1 atom stereocenters. The van der Waals surface area contributed by atoms with Crippen molar-refractivity contribution in [3.63, 3.8) is 0 Å². The van der Waals surface area contributed by atoms with Gasteiger partial charge in [0.2, 0.25) is 0 Å². The molecule has 1 aliphatic rings. The van der Waals surface area contributed by atoms with Crippen LogP contribution in [0.3, 0.4) is 0 Å². The fourth-order valence-corrected chi connectivity index (χ4v) is 3.84. The first kappa shape index (κ1) is 19.4. The van der Waals surface area contributed by atoms with Gasteiger partial charge in [0.1, 0.15) is 11.4 Å². The first-order valence-corrected chi connectivity index (χ1v) is 9.55. The molecule has 2 N–H and O–H groups in total. The Morgan fingerprint density at radius 1 is 1.37 bits per heavy atom. The molecule has 1 amide bonds. The molecule has 2 heterocycles. The van der Waals surface area contributed by atoms with E-state index in [0.29, 0.717) is 17.5 Å². The number of rotatable bonds is 4. The Morgan fingerprint density at radius 2 is 2.07 bits per heavy atom. The SMILES string of the molecule is C=C(C)C1(C)Cc2cc(C(=O)NCc3c(C)cc(C)[nH]c3=O)cc(Br)c2O1. The number of ether oxygens (including phenoxy) is 1. The van der Waals surface area contributed by atoms with Gasteiger partial charge in [0, 0.05) is 35.3 Å². The molecule has 1 aromatic heterocycles. The van der Waals surface area contributed by atoms with Gasteiger partial charge < -0.3 is 15.0 Å². The maximum absolute atomic E-state index is 12.7. The number of carbonyl (C=O) groups is 1. The summed E-state index contributed by atoms with van der Waals surface area (Å²) >= 11 is 3.50. The minimum atomic E-state index is -0.466. The Morgan fingerprint density at radius 3 is 2.70 bits per heavy atom. The number of halogens is 1. The lowest BCUT2D eigenvalue weighted by Crippen LogP contribution is -2.31. The van der Waals surface area contributed by atoms with Crippen LogP contribution in [0, 0.1) is 13.8 Å². The van der Waals surface area contributed by atoms with Gasteiger partial charge in [-0.25, -0.2) is 0 Å². The van der Waals surface area contributed by atoms with Crippen LogP contribution in [0.25, 0.3) is 0 Å². The molecule has 6 heteroatoms. The van der Waals surface area contributed by atoms with Crippen LogP contribution in [-0.4, -0.2) is 16.5 Å². The second-order valence-electron chi connectivity index (χ2n) is 7.36. The third-order valence-corrected chi connectivity index (χ3v) is 5.65. The van der Waals surface area contributed by atoms with Crippen LogP contribution in [0.2, 0.25) is 0 Å². The number of hydrogen-bond acceptors (Lipinski definition) is 3. The van der Waals surface area contributed by atoms with E-state index in [2.05, 4.69) is 32.8 Å². The monoisotopic (exact) mass is 430 g/mol. The fraction of sp³-hybridized carbons (Fsp3) is 0.333. The van der Waals surface area contributed by atoms with Crippen molar-refractivity contribution in [3.8, 4) is 5.75 Å². The number of aromatic nitrogens is 1. The van der Waals surface area contributed by atoms with Crippen molar-refractivity contribution < 1.29 is 9.53 Å². The van der Waals surface area contributed by atoms with Crippen molar-refractivity contribution in [1.82, 2.24) is 10.3 Å². The molecule has 27 heavy (non-hydrogen) atoms. The zero-order valence-corrected chi connectivity index (χ0v) is 17.5. The largest absolute Gasteiger partial charge is 0.481 e. The van der Waals surface area contributed by atoms with E-state index in [1.165, 1.54) is 0 Å². The summed E-state index contributed by atoms with van der Waals surface area (Å²) in [7, 11) is 0. The Balaban J connectivity index is 1.81. The summed E-state index contributed by atoms with van der Waals surface area (Å²) < 4.78 is 6.81. The summed E-state index contributed by atoms with van der Waals surface area (Å²) in [5, 5.41) is 2.84. The lowest BCUT2D eigenvalue weighted by molar-refractivity contribution is 0.0950. The Kier molecular flexibility index (Phi) is 5.04. The molecule has 142 valence electrons. The second-order valence-corrected chi connectivity index (χ2v) is 8.22. The zero-order chi connectivity index (χ0) is 19.9. The number of carbonyl (C=O) groups excluding carboxylic acids is 1. The molecule has 0 aliphatic carbocycles. The number of nitrogens with one attached hydrogen (secondary N) is 2. The minimum Gasteiger partial charge on any atom is -0.481 e. The van der Waals surface area contributed by atoms with Crippen molar-refractivity contribution in [3.05, 3.63) is 73.1 Å². The van der Waals surface area contributed by atoms with E-state index < -0.39 is 5.60 Å². The predicted octanol–water partition coefficient (Wildman–Crippen LogP) is 3.95. The van der Waals surface area contributed by atoms with Crippen molar-refractivity contribution in [1.29, 1.82) is 0 Å². The topological polar surface area (TPSA) is 71.2 Å². The molecule has 0 bridgehead atoms. The first-order valence-electron chi connectivity index (χ1n) is 8.76. The van der Waals surface area contributed by atoms with Gasteiger partial charge in [-0.05, 0) is 73.0 Å². The zero-order valence-electron chi connectivity index (χ0n) is 16.0. The van der Waals surface area contributed by atoms with Crippen LogP contribution < -0.4 is 15.6 Å². The number of benzene rings is 1. The molecule has 0 fully saturated rings. The normalized spacial score (nSPS) is 18.0. The van der Waals surface area contributed by atoms with Crippen LogP contribution in [0.1, 0.15) is 46.6 Å². The Hall–Kier alpha value is -2.34. The Labute approximate surface area is 167 Å². The average molecular weight is 431 g/mol. The van der Waals surface area contributed by atoms with Crippen LogP contribution in [-0.2, 0) is 13.0 Å². The highest BCUT2D eigenvalue weighted by Gasteiger charge is 2.37. The van der Waals surface area contributed by atoms with Crippen molar-refractivity contribution in [2.45, 2.75) is 46.3 Å². The van der Waals surface area contributed by atoms with Gasteiger partial charge in [-0.2, -0.15) is 0 Å². The van der Waals surface area contributed by atoms with Crippen LogP contribution in [0.4, 0.5) is 0 Å². The number of H-pyrrole nitrogens is 1. The highest BCUT2D eigenvalue weighted by Crippen LogP contribution is 2.43. The smallest absolute Gasteiger partial charge is 0.253 e. The van der Waals surface area contributed by atoms with Crippen LogP contribution in [0.15, 0.2) is 39.6 Å². The summed E-state index contributed by atoms with van der Waals surface area (Å²) in [4.78, 5) is 27.5. The number of pyridine rings is 1. The molecule has 1 aliphatic heterocycles. The molecule has 5 nitrogen and oxygen atoms in total. The highest BCUT2D eigenvalue weighted by atomic mass is 79.9. The summed E-state index contributed by atoms with van der Waals surface area (Å²) in [6, 6.07) is 5.48. The molecule has 1 aromatic carbocycles. The lowest BCUT2D eigenvalue weighted by atomic mass is 9.92. The van der Waals surface area contributed by atoms with Crippen LogP contribution >= 0.6 is 15.9 Å². The van der Waals surface area contributed by atoms with E-state index in [0.717, 1.165) is 32.6 Å². The number of aromatic amines is 1. The lowest BCUT2D eigenvalue weighted by Gasteiger charge is -2.24. The molecule has 0 spiro atoms. The molecular weight excluding hydrogens is 408 g/mol. The quantitative estimate of drug-likeness (QED) is 0.721. The van der Waals surface area contributed by atoms with Gasteiger partial charge in [-0.15, -0.1) is 0 Å². The third-order valence-electron chi connectivity index (χ3n) is 5.06. The van der Waals surface area contributed by atoms with Gasteiger partial charge in [0.05, 0.1) is 4.47 Å². The van der Waals surface area contributed by atoms with Crippen molar-refractivity contribution >= 4 is 21.8 Å². The van der Waals surface area contributed by atoms with E-state index >= 15 is 0 Å². The second kappa shape index (κ2) is 7.00. The molecular formula is C21H23BrN2O3. The van der Waals surface area contributed by atoms with Gasteiger partial charge in [0.25, 0.3) is 11.5 Å². The average Bonchev–Trinajstić information content (AvgIpc) is 2.92. The fourth-order valence-electron chi connectivity index (χ4n) is 3.26. The summed E-state index contributed by atoms with van der Waals surface area (Å²) in [6.07, 6.45) is 0.661. The molecule has 1 unspecified atom stereocenters. The van der Waals surface area contributed by atoms with Crippen LogP contribution in [0.5, 0.6) is 5.75 Å². The van der Waals surface area contributed by atoms with Gasteiger partial charge in [-0.1, -0.05) is 6.58 Å².